The number of nitrogens with zero attached hydrogens (tertiary/aromatic N) is 2. The SMILES string of the molecule is COCC1C[C@H](C(=O)N(C)C)CN1C(=O)OC(C)(C)C. The number of rotatable bonds is 3. The van der Waals surface area contributed by atoms with Crippen LogP contribution < -0.4 is 0 Å². The Balaban J connectivity index is 2.77. The number of likely N-dealkylation sites (tertiary alicyclic amines) is 1. The van der Waals surface area contributed by atoms with Crippen LogP contribution in [0.2, 0.25) is 0 Å². The van der Waals surface area contributed by atoms with Gasteiger partial charge in [-0.25, -0.2) is 4.79 Å². The van der Waals surface area contributed by atoms with E-state index in [2.05, 4.69) is 0 Å². The summed E-state index contributed by atoms with van der Waals surface area (Å²) in [7, 11) is 5.04. The summed E-state index contributed by atoms with van der Waals surface area (Å²) < 4.78 is 10.5. The fraction of sp³-hybridized carbons (Fsp3) is 0.857. The fourth-order valence-corrected chi connectivity index (χ4v) is 2.36. The third kappa shape index (κ3) is 4.37. The predicted octanol–water partition coefficient (Wildman–Crippen LogP) is 1.35. The molecule has 116 valence electrons. The van der Waals surface area contributed by atoms with Crippen molar-refractivity contribution in [3.05, 3.63) is 0 Å². The van der Waals surface area contributed by atoms with E-state index in [-0.39, 0.29) is 24.0 Å². The lowest BCUT2D eigenvalue weighted by Gasteiger charge is -2.28. The third-order valence-corrected chi connectivity index (χ3v) is 3.19. The van der Waals surface area contributed by atoms with Crippen molar-refractivity contribution in [3.63, 3.8) is 0 Å². The first-order valence-electron chi connectivity index (χ1n) is 6.85. The summed E-state index contributed by atoms with van der Waals surface area (Å²) in [5, 5.41) is 0. The summed E-state index contributed by atoms with van der Waals surface area (Å²) >= 11 is 0. The highest BCUT2D eigenvalue weighted by atomic mass is 16.6. The molecule has 6 nitrogen and oxygen atoms in total. The van der Waals surface area contributed by atoms with Crippen molar-refractivity contribution in [2.45, 2.75) is 38.8 Å². The van der Waals surface area contributed by atoms with Crippen LogP contribution in [0.4, 0.5) is 4.79 Å². The van der Waals surface area contributed by atoms with Gasteiger partial charge in [-0.2, -0.15) is 0 Å². The van der Waals surface area contributed by atoms with Crippen molar-refractivity contribution in [3.8, 4) is 0 Å². The molecule has 1 heterocycles. The quantitative estimate of drug-likeness (QED) is 0.785. The van der Waals surface area contributed by atoms with E-state index in [0.29, 0.717) is 19.6 Å². The number of amides is 2. The first-order chi connectivity index (χ1) is 9.15. The van der Waals surface area contributed by atoms with Crippen LogP contribution in [0.3, 0.4) is 0 Å². The monoisotopic (exact) mass is 286 g/mol. The number of carbonyl (C=O) groups is 2. The van der Waals surface area contributed by atoms with Gasteiger partial charge in [0.2, 0.25) is 5.91 Å². The lowest BCUT2D eigenvalue weighted by atomic mass is 10.0. The molecule has 0 saturated carbocycles. The van der Waals surface area contributed by atoms with Gasteiger partial charge in [0, 0.05) is 27.7 Å². The molecule has 0 aromatic heterocycles. The molecule has 1 aliphatic heterocycles. The first kappa shape index (κ1) is 16.8. The zero-order chi connectivity index (χ0) is 15.5. The minimum atomic E-state index is -0.543. The lowest BCUT2D eigenvalue weighted by molar-refractivity contribution is -0.132. The van der Waals surface area contributed by atoms with E-state index in [4.69, 9.17) is 9.47 Å². The van der Waals surface area contributed by atoms with Gasteiger partial charge in [0.1, 0.15) is 5.60 Å². The second-order valence-corrected chi connectivity index (χ2v) is 6.41. The predicted molar refractivity (Wildman–Crippen MR) is 75.4 cm³/mol. The largest absolute Gasteiger partial charge is 0.444 e. The molecule has 1 fully saturated rings. The number of ether oxygens (including phenoxy) is 2. The van der Waals surface area contributed by atoms with Crippen LogP contribution in [0, 0.1) is 5.92 Å². The van der Waals surface area contributed by atoms with Crippen LogP contribution in [-0.4, -0.2) is 67.8 Å². The molecule has 1 unspecified atom stereocenters. The normalized spacial score (nSPS) is 22.8. The number of hydrogen-bond acceptors (Lipinski definition) is 4. The molecule has 0 aromatic rings. The van der Waals surface area contributed by atoms with E-state index in [1.54, 1.807) is 31.0 Å². The maximum Gasteiger partial charge on any atom is 0.410 e. The molecule has 2 amide bonds. The Morgan fingerprint density at radius 1 is 1.30 bits per heavy atom. The second-order valence-electron chi connectivity index (χ2n) is 6.41. The first-order valence-corrected chi connectivity index (χ1v) is 6.85. The van der Waals surface area contributed by atoms with Gasteiger partial charge in [-0.05, 0) is 27.2 Å². The smallest absolute Gasteiger partial charge is 0.410 e. The molecular formula is C14H26N2O4. The van der Waals surface area contributed by atoms with E-state index >= 15 is 0 Å². The highest BCUT2D eigenvalue weighted by molar-refractivity contribution is 5.80. The van der Waals surface area contributed by atoms with Crippen molar-refractivity contribution >= 4 is 12.0 Å². The van der Waals surface area contributed by atoms with Crippen molar-refractivity contribution in [2.75, 3.05) is 34.4 Å². The van der Waals surface area contributed by atoms with Crippen LogP contribution in [-0.2, 0) is 14.3 Å². The molecule has 1 rings (SSSR count). The highest BCUT2D eigenvalue weighted by Crippen LogP contribution is 2.26. The Kier molecular flexibility index (Phi) is 5.39. The van der Waals surface area contributed by atoms with Crippen LogP contribution in [0.1, 0.15) is 27.2 Å². The van der Waals surface area contributed by atoms with Gasteiger partial charge < -0.3 is 19.3 Å². The zero-order valence-corrected chi connectivity index (χ0v) is 13.3. The maximum atomic E-state index is 12.2. The van der Waals surface area contributed by atoms with E-state index in [1.807, 2.05) is 20.8 Å². The number of hydrogen-bond donors (Lipinski definition) is 0. The van der Waals surface area contributed by atoms with Gasteiger partial charge in [-0.1, -0.05) is 0 Å². The molecule has 0 aliphatic carbocycles. The van der Waals surface area contributed by atoms with E-state index in [1.165, 1.54) is 0 Å². The summed E-state index contributed by atoms with van der Waals surface area (Å²) in [5.74, 6) is -0.144. The standard InChI is InChI=1S/C14H26N2O4/c1-14(2,3)20-13(18)16-8-10(12(17)15(4)5)7-11(16)9-19-6/h10-11H,7-9H2,1-6H3/t10-,11?/m0/s1. The molecule has 1 aliphatic rings. The zero-order valence-electron chi connectivity index (χ0n) is 13.3. The van der Waals surface area contributed by atoms with Gasteiger partial charge in [-0.3, -0.25) is 4.79 Å². The van der Waals surface area contributed by atoms with Gasteiger partial charge in [0.15, 0.2) is 0 Å². The van der Waals surface area contributed by atoms with E-state index in [9.17, 15) is 9.59 Å². The van der Waals surface area contributed by atoms with Gasteiger partial charge in [0.25, 0.3) is 0 Å². The summed E-state index contributed by atoms with van der Waals surface area (Å²) in [6, 6.07) is -0.108. The van der Waals surface area contributed by atoms with Gasteiger partial charge in [0.05, 0.1) is 18.6 Å². The Labute approximate surface area is 121 Å². The Morgan fingerprint density at radius 2 is 1.90 bits per heavy atom. The average molecular weight is 286 g/mol. The molecule has 0 radical (unpaired) electrons. The van der Waals surface area contributed by atoms with Crippen molar-refractivity contribution in [1.82, 2.24) is 9.80 Å². The number of methoxy groups -OCH3 is 1. The summed E-state index contributed by atoms with van der Waals surface area (Å²) in [6.45, 7) is 6.29. The van der Waals surface area contributed by atoms with Crippen molar-refractivity contribution in [2.24, 2.45) is 5.92 Å². The topological polar surface area (TPSA) is 59.1 Å². The fourth-order valence-electron chi connectivity index (χ4n) is 2.36. The highest BCUT2D eigenvalue weighted by Gasteiger charge is 2.40. The molecule has 0 spiro atoms. The molecule has 20 heavy (non-hydrogen) atoms. The minimum absolute atomic E-state index is 0.0390. The molecule has 0 bridgehead atoms. The Bertz CT molecular complexity index is 363. The molecule has 2 atom stereocenters. The summed E-state index contributed by atoms with van der Waals surface area (Å²) in [4.78, 5) is 27.4. The Hall–Kier alpha value is -1.30. The number of carbonyl (C=O) groups excluding carboxylic acids is 2. The van der Waals surface area contributed by atoms with E-state index in [0.717, 1.165) is 0 Å². The van der Waals surface area contributed by atoms with Gasteiger partial charge in [-0.15, -0.1) is 0 Å². The molecule has 0 aromatic carbocycles. The maximum absolute atomic E-state index is 12.2. The molecular weight excluding hydrogens is 260 g/mol. The molecule has 1 saturated heterocycles. The summed E-state index contributed by atoms with van der Waals surface area (Å²) in [5.41, 5.74) is -0.543. The second kappa shape index (κ2) is 6.43. The van der Waals surface area contributed by atoms with Gasteiger partial charge >= 0.3 is 6.09 Å². The molecule has 0 N–H and O–H groups in total. The van der Waals surface area contributed by atoms with Crippen LogP contribution in [0.25, 0.3) is 0 Å². The van der Waals surface area contributed by atoms with E-state index < -0.39 is 5.60 Å². The lowest BCUT2D eigenvalue weighted by Crippen LogP contribution is -2.42. The summed E-state index contributed by atoms with van der Waals surface area (Å²) in [6.07, 6.45) is 0.234. The van der Waals surface area contributed by atoms with Crippen LogP contribution in [0.5, 0.6) is 0 Å². The van der Waals surface area contributed by atoms with Crippen molar-refractivity contribution in [1.29, 1.82) is 0 Å². The van der Waals surface area contributed by atoms with Crippen LogP contribution in [0.15, 0.2) is 0 Å². The van der Waals surface area contributed by atoms with Crippen LogP contribution >= 0.6 is 0 Å². The third-order valence-electron chi connectivity index (χ3n) is 3.19. The minimum Gasteiger partial charge on any atom is -0.444 e. The average Bonchev–Trinajstić information content (AvgIpc) is 2.70. The molecule has 6 heteroatoms. The Morgan fingerprint density at radius 3 is 2.35 bits per heavy atom. The van der Waals surface area contributed by atoms with Crippen molar-refractivity contribution < 1.29 is 19.1 Å².